The molecule has 9 nitrogen and oxygen atoms in total. The highest BCUT2D eigenvalue weighted by Gasteiger charge is 2.15. The van der Waals surface area contributed by atoms with Gasteiger partial charge < -0.3 is 14.2 Å². The Morgan fingerprint density at radius 1 is 0.966 bits per heavy atom. The maximum absolute atomic E-state index is 12.2. The summed E-state index contributed by atoms with van der Waals surface area (Å²) in [4.78, 5) is 24.1. The van der Waals surface area contributed by atoms with E-state index in [-0.39, 0.29) is 12.4 Å². The van der Waals surface area contributed by atoms with Gasteiger partial charge in [0.15, 0.2) is 5.76 Å². The molecule has 0 saturated heterocycles. The summed E-state index contributed by atoms with van der Waals surface area (Å²) in [5, 5.41) is 14.9. The average Bonchev–Trinajstić information content (AvgIpc) is 3.39. The van der Waals surface area contributed by atoms with E-state index in [9.17, 15) is 9.59 Å². The van der Waals surface area contributed by atoms with Crippen molar-refractivity contribution in [1.82, 2.24) is 9.78 Å². The highest BCUT2D eigenvalue weighted by Crippen LogP contribution is 2.20. The lowest BCUT2D eigenvalue weighted by atomic mass is 10.3. The lowest BCUT2D eigenvalue weighted by Gasteiger charge is -2.04. The van der Waals surface area contributed by atoms with Crippen LogP contribution in [0.5, 0.6) is 0 Å². The molecule has 2 heterocycles. The van der Waals surface area contributed by atoms with Gasteiger partial charge in [0.1, 0.15) is 6.54 Å². The molecule has 0 bridgehead atoms. The molecular weight excluding hydrogens is 374 g/mol. The van der Waals surface area contributed by atoms with Crippen LogP contribution in [0.3, 0.4) is 0 Å². The summed E-state index contributed by atoms with van der Waals surface area (Å²) >= 11 is 0. The summed E-state index contributed by atoms with van der Waals surface area (Å²) in [5.74, 6) is -0.851. The predicted molar refractivity (Wildman–Crippen MR) is 104 cm³/mol. The molecule has 1 amide bonds. The number of furan rings is 1. The average molecular weight is 389 g/mol. The van der Waals surface area contributed by atoms with E-state index in [1.54, 1.807) is 36.4 Å². The second-order valence-corrected chi connectivity index (χ2v) is 5.94. The Hall–Kier alpha value is -4.27. The number of anilines is 1. The first kappa shape index (κ1) is 18.1. The third kappa shape index (κ3) is 4.53. The van der Waals surface area contributed by atoms with Gasteiger partial charge in [-0.15, -0.1) is 5.10 Å². The van der Waals surface area contributed by atoms with E-state index in [1.807, 2.05) is 30.3 Å². The Morgan fingerprint density at radius 3 is 2.38 bits per heavy atom. The summed E-state index contributed by atoms with van der Waals surface area (Å²) in [7, 11) is 0. The van der Waals surface area contributed by atoms with Crippen LogP contribution in [0.25, 0.3) is 11.7 Å². The van der Waals surface area contributed by atoms with Gasteiger partial charge in [-0.05, 0) is 48.5 Å². The predicted octanol–water partition coefficient (Wildman–Crippen LogP) is 4.15. The number of aromatic nitrogens is 2. The van der Waals surface area contributed by atoms with E-state index in [0.717, 1.165) is 10.4 Å². The Morgan fingerprint density at radius 2 is 1.69 bits per heavy atom. The number of carbonyl (C=O) groups excluding carboxylic acids is 1. The zero-order valence-corrected chi connectivity index (χ0v) is 15.1. The van der Waals surface area contributed by atoms with Gasteiger partial charge in [-0.2, -0.15) is 14.9 Å². The molecule has 0 unspecified atom stereocenters. The number of rotatable bonds is 6. The second-order valence-electron chi connectivity index (χ2n) is 5.94. The lowest BCUT2D eigenvalue weighted by Crippen LogP contribution is -2.25. The van der Waals surface area contributed by atoms with E-state index < -0.39 is 11.7 Å². The van der Waals surface area contributed by atoms with Gasteiger partial charge in [-0.3, -0.25) is 4.79 Å². The molecule has 4 aromatic rings. The smallest absolute Gasteiger partial charge is 0.437 e. The zero-order valence-electron chi connectivity index (χ0n) is 15.1. The van der Waals surface area contributed by atoms with Crippen LogP contribution in [0.15, 0.2) is 96.9 Å². The number of azo groups is 1. The van der Waals surface area contributed by atoms with Crippen molar-refractivity contribution in [3.8, 4) is 11.7 Å². The molecule has 29 heavy (non-hydrogen) atoms. The number of amides is 1. The first-order chi connectivity index (χ1) is 14.2. The highest BCUT2D eigenvalue weighted by molar-refractivity contribution is 5.90. The van der Waals surface area contributed by atoms with Crippen LogP contribution in [-0.4, -0.2) is 15.7 Å². The van der Waals surface area contributed by atoms with Crippen LogP contribution in [0, 0.1) is 0 Å². The van der Waals surface area contributed by atoms with E-state index in [0.29, 0.717) is 17.1 Å². The fourth-order valence-electron chi connectivity index (χ4n) is 2.46. The van der Waals surface area contributed by atoms with E-state index in [4.69, 9.17) is 8.83 Å². The molecule has 0 saturated carbocycles. The maximum atomic E-state index is 12.2. The molecule has 9 heteroatoms. The Balaban J connectivity index is 1.38. The Labute approximate surface area is 164 Å². The molecule has 0 aliphatic rings. The molecule has 2 aromatic heterocycles. The fourth-order valence-corrected chi connectivity index (χ4v) is 2.46. The molecule has 0 atom stereocenters. The van der Waals surface area contributed by atoms with Crippen molar-refractivity contribution in [2.24, 2.45) is 10.2 Å². The van der Waals surface area contributed by atoms with Gasteiger partial charge >= 0.3 is 5.76 Å². The summed E-state index contributed by atoms with van der Waals surface area (Å²) in [6.07, 6.45) is 1.43. The number of carbonyl (C=O) groups is 1. The van der Waals surface area contributed by atoms with Crippen molar-refractivity contribution < 1.29 is 13.6 Å². The monoisotopic (exact) mass is 389 g/mol. The fraction of sp³-hybridized carbons (Fsp3) is 0.0500. The summed E-state index contributed by atoms with van der Waals surface area (Å²) in [6, 6.07) is 19.4. The van der Waals surface area contributed by atoms with E-state index in [1.165, 1.54) is 6.26 Å². The maximum Gasteiger partial charge on any atom is 0.437 e. The topological polar surface area (TPSA) is 115 Å². The molecule has 0 aliphatic heterocycles. The number of nitrogens with zero attached hydrogens (tertiary/aromatic N) is 4. The second kappa shape index (κ2) is 8.17. The summed E-state index contributed by atoms with van der Waals surface area (Å²) < 4.78 is 11.0. The third-order valence-electron chi connectivity index (χ3n) is 3.82. The molecule has 0 aliphatic carbocycles. The molecular formula is C20H15N5O4. The van der Waals surface area contributed by atoms with Crippen LogP contribution in [0.1, 0.15) is 0 Å². The van der Waals surface area contributed by atoms with E-state index in [2.05, 4.69) is 20.6 Å². The first-order valence-electron chi connectivity index (χ1n) is 8.66. The lowest BCUT2D eigenvalue weighted by molar-refractivity contribution is -0.117. The van der Waals surface area contributed by atoms with Crippen molar-refractivity contribution >= 4 is 23.0 Å². The van der Waals surface area contributed by atoms with Crippen molar-refractivity contribution in [1.29, 1.82) is 0 Å². The summed E-state index contributed by atoms with van der Waals surface area (Å²) in [5.41, 5.74) is 1.94. The van der Waals surface area contributed by atoms with Gasteiger partial charge in [0.25, 0.3) is 5.89 Å². The molecule has 2 aromatic carbocycles. The van der Waals surface area contributed by atoms with Crippen molar-refractivity contribution in [2.75, 3.05) is 5.32 Å². The number of nitrogens with one attached hydrogen (secondary N) is 1. The van der Waals surface area contributed by atoms with Crippen LogP contribution in [0.4, 0.5) is 17.1 Å². The standard InChI is InChI=1S/C20H15N5O4/c26-18(13-25-20(27)29-19(24-25)17-7-4-12-28-17)21-14-8-10-16(11-9-14)23-22-15-5-2-1-3-6-15/h1-12H,13H2,(H,21,26). The van der Waals surface area contributed by atoms with Gasteiger partial charge in [-0.1, -0.05) is 18.2 Å². The SMILES string of the molecule is O=C(Cn1nc(-c2ccco2)oc1=O)Nc1ccc(N=Nc2ccccc2)cc1. The summed E-state index contributed by atoms with van der Waals surface area (Å²) in [6.45, 7) is -0.293. The Kier molecular flexibility index (Phi) is 5.10. The quantitative estimate of drug-likeness (QED) is 0.497. The highest BCUT2D eigenvalue weighted by atomic mass is 16.4. The number of hydrogen-bond donors (Lipinski definition) is 1. The minimum absolute atomic E-state index is 0.0148. The largest absolute Gasteiger partial charge is 0.459 e. The molecule has 144 valence electrons. The zero-order chi connectivity index (χ0) is 20.1. The minimum atomic E-state index is -0.747. The van der Waals surface area contributed by atoms with Gasteiger partial charge in [0.2, 0.25) is 5.91 Å². The normalized spacial score (nSPS) is 11.0. The van der Waals surface area contributed by atoms with Gasteiger partial charge in [0, 0.05) is 5.69 Å². The first-order valence-corrected chi connectivity index (χ1v) is 8.66. The van der Waals surface area contributed by atoms with E-state index >= 15 is 0 Å². The van der Waals surface area contributed by atoms with Crippen LogP contribution >= 0.6 is 0 Å². The van der Waals surface area contributed by atoms with Gasteiger partial charge in [-0.25, -0.2) is 4.79 Å². The molecule has 1 N–H and O–H groups in total. The van der Waals surface area contributed by atoms with Crippen molar-refractivity contribution in [3.63, 3.8) is 0 Å². The van der Waals surface area contributed by atoms with Gasteiger partial charge in [0.05, 0.1) is 17.6 Å². The molecule has 0 radical (unpaired) electrons. The van der Waals surface area contributed by atoms with Crippen molar-refractivity contribution in [2.45, 2.75) is 6.54 Å². The third-order valence-corrected chi connectivity index (χ3v) is 3.82. The molecule has 0 spiro atoms. The number of benzene rings is 2. The van der Waals surface area contributed by atoms with Crippen LogP contribution < -0.4 is 11.1 Å². The molecule has 0 fully saturated rings. The molecule has 4 rings (SSSR count). The number of hydrogen-bond acceptors (Lipinski definition) is 7. The Bertz CT molecular complexity index is 1180. The minimum Gasteiger partial charge on any atom is -0.459 e. The van der Waals surface area contributed by atoms with Crippen molar-refractivity contribution in [3.05, 3.63) is 83.5 Å². The van der Waals surface area contributed by atoms with Crippen LogP contribution in [-0.2, 0) is 11.3 Å². The van der Waals surface area contributed by atoms with Crippen LogP contribution in [0.2, 0.25) is 0 Å².